The van der Waals surface area contributed by atoms with Crippen LogP contribution in [-0.4, -0.2) is 11.2 Å². The van der Waals surface area contributed by atoms with Gasteiger partial charge in [-0.2, -0.15) is 0 Å². The lowest BCUT2D eigenvalue weighted by Crippen LogP contribution is -2.24. The van der Waals surface area contributed by atoms with E-state index in [2.05, 4.69) is 0 Å². The fourth-order valence-corrected chi connectivity index (χ4v) is 1.23. The van der Waals surface area contributed by atoms with Gasteiger partial charge in [-0.1, -0.05) is 0 Å². The van der Waals surface area contributed by atoms with E-state index in [-0.39, 0.29) is 0 Å². The van der Waals surface area contributed by atoms with Gasteiger partial charge in [0.05, 0.1) is 12.1 Å². The summed E-state index contributed by atoms with van der Waals surface area (Å²) in [7, 11) is 0. The van der Waals surface area contributed by atoms with Crippen molar-refractivity contribution in [2.24, 2.45) is 5.73 Å². The smallest absolute Gasteiger partial charge is 0.130 e. The molecule has 0 bridgehead atoms. The van der Waals surface area contributed by atoms with Gasteiger partial charge in [0.25, 0.3) is 0 Å². The van der Waals surface area contributed by atoms with Crippen molar-refractivity contribution in [1.29, 1.82) is 0 Å². The van der Waals surface area contributed by atoms with Crippen LogP contribution in [0.1, 0.15) is 24.1 Å². The number of aliphatic hydroxyl groups excluding tert-OH is 1. The molecule has 0 saturated carbocycles. The largest absolute Gasteiger partial charge is 0.398 e. The second-order valence-electron chi connectivity index (χ2n) is 3.50. The van der Waals surface area contributed by atoms with Crippen LogP contribution in [0.4, 0.5) is 10.1 Å². The molecule has 2 atom stereocenters. The zero-order chi connectivity index (χ0) is 10.9. The number of nitrogen functional groups attached to an aromatic ring is 1. The maximum absolute atomic E-state index is 13.4. The van der Waals surface area contributed by atoms with Crippen molar-refractivity contribution in [3.8, 4) is 0 Å². The molecule has 0 heterocycles. The van der Waals surface area contributed by atoms with Crippen molar-refractivity contribution in [3.63, 3.8) is 0 Å². The Hall–Kier alpha value is -1.13. The lowest BCUT2D eigenvalue weighted by Gasteiger charge is -2.17. The molecule has 0 spiro atoms. The number of halogens is 1. The van der Waals surface area contributed by atoms with E-state index in [0.29, 0.717) is 11.3 Å². The number of anilines is 1. The number of benzene rings is 1. The van der Waals surface area contributed by atoms with Crippen molar-refractivity contribution in [2.75, 3.05) is 5.73 Å². The molecule has 0 fully saturated rings. The molecule has 14 heavy (non-hydrogen) atoms. The molecule has 78 valence electrons. The summed E-state index contributed by atoms with van der Waals surface area (Å²) in [5, 5.41) is 9.24. The fourth-order valence-electron chi connectivity index (χ4n) is 1.23. The molecule has 0 radical (unpaired) electrons. The van der Waals surface area contributed by atoms with Gasteiger partial charge in [-0.15, -0.1) is 0 Å². The van der Waals surface area contributed by atoms with Crippen molar-refractivity contribution in [3.05, 3.63) is 29.1 Å². The summed E-state index contributed by atoms with van der Waals surface area (Å²) < 4.78 is 13.4. The molecule has 1 aromatic rings. The van der Waals surface area contributed by atoms with E-state index in [4.69, 9.17) is 11.5 Å². The Morgan fingerprint density at radius 2 is 2.00 bits per heavy atom. The summed E-state index contributed by atoms with van der Waals surface area (Å²) >= 11 is 0. The summed E-state index contributed by atoms with van der Waals surface area (Å²) in [6, 6.07) is 2.09. The van der Waals surface area contributed by atoms with Gasteiger partial charge in [-0.05, 0) is 31.5 Å². The normalized spacial score (nSPS) is 15.2. The van der Waals surface area contributed by atoms with Crippen molar-refractivity contribution in [1.82, 2.24) is 0 Å². The van der Waals surface area contributed by atoms with Gasteiger partial charge in [0, 0.05) is 11.3 Å². The minimum atomic E-state index is -0.785. The van der Waals surface area contributed by atoms with Crippen molar-refractivity contribution < 1.29 is 9.50 Å². The Morgan fingerprint density at radius 3 is 2.50 bits per heavy atom. The van der Waals surface area contributed by atoms with Gasteiger partial charge in [-0.25, -0.2) is 4.39 Å². The molecule has 0 unspecified atom stereocenters. The monoisotopic (exact) mass is 198 g/mol. The zero-order valence-electron chi connectivity index (χ0n) is 8.29. The predicted octanol–water partition coefficient (Wildman–Crippen LogP) is 1.10. The summed E-state index contributed by atoms with van der Waals surface area (Å²) in [5.41, 5.74) is 12.6. The highest BCUT2D eigenvalue weighted by molar-refractivity contribution is 5.49. The van der Waals surface area contributed by atoms with Crippen LogP contribution in [-0.2, 0) is 0 Å². The van der Waals surface area contributed by atoms with E-state index in [0.717, 1.165) is 5.56 Å². The highest BCUT2D eigenvalue weighted by Gasteiger charge is 2.17. The maximum Gasteiger partial charge on any atom is 0.130 e. The molecule has 0 aromatic heterocycles. The molecule has 0 aliphatic carbocycles. The Balaban J connectivity index is 3.15. The van der Waals surface area contributed by atoms with Crippen LogP contribution < -0.4 is 11.5 Å². The van der Waals surface area contributed by atoms with E-state index in [9.17, 15) is 9.50 Å². The minimum Gasteiger partial charge on any atom is -0.398 e. The Kier molecular flexibility index (Phi) is 3.08. The molecule has 0 aliphatic heterocycles. The fraction of sp³-hybridized carbons (Fsp3) is 0.400. The number of rotatable bonds is 2. The summed E-state index contributed by atoms with van der Waals surface area (Å²) in [6.07, 6.45) is -0.785. The SMILES string of the molecule is Cc1cc([C@@H](N)[C@@H](C)O)c(F)cc1N. The molecule has 0 amide bonds. The molecule has 0 saturated heterocycles. The minimum absolute atomic E-state index is 0.298. The molecule has 3 nitrogen and oxygen atoms in total. The third-order valence-electron chi connectivity index (χ3n) is 2.26. The maximum atomic E-state index is 13.4. The van der Waals surface area contributed by atoms with Crippen LogP contribution in [0, 0.1) is 12.7 Å². The van der Waals surface area contributed by atoms with E-state index < -0.39 is 18.0 Å². The van der Waals surface area contributed by atoms with Crippen LogP contribution in [0.15, 0.2) is 12.1 Å². The topological polar surface area (TPSA) is 72.3 Å². The van der Waals surface area contributed by atoms with E-state index in [1.54, 1.807) is 13.0 Å². The van der Waals surface area contributed by atoms with Crippen LogP contribution >= 0.6 is 0 Å². The van der Waals surface area contributed by atoms with Crippen molar-refractivity contribution >= 4 is 5.69 Å². The molecule has 4 heteroatoms. The first-order chi connectivity index (χ1) is 6.43. The standard InChI is InChI=1S/C10H15FN2O/c1-5-3-7(10(13)6(2)14)8(11)4-9(5)12/h3-4,6,10,14H,12-13H2,1-2H3/t6-,10+/m1/s1. The number of hydrogen-bond donors (Lipinski definition) is 3. The molecular weight excluding hydrogens is 183 g/mol. The lowest BCUT2D eigenvalue weighted by molar-refractivity contribution is 0.162. The first-order valence-electron chi connectivity index (χ1n) is 4.42. The van der Waals surface area contributed by atoms with Gasteiger partial charge >= 0.3 is 0 Å². The average Bonchev–Trinajstić information content (AvgIpc) is 2.10. The summed E-state index contributed by atoms with van der Waals surface area (Å²) in [5.74, 6) is -0.471. The quantitative estimate of drug-likeness (QED) is 0.623. The predicted molar refractivity (Wildman–Crippen MR) is 54.2 cm³/mol. The van der Waals surface area contributed by atoms with E-state index in [1.807, 2.05) is 0 Å². The third kappa shape index (κ3) is 2.02. The number of hydrogen-bond acceptors (Lipinski definition) is 3. The van der Waals surface area contributed by atoms with E-state index >= 15 is 0 Å². The first-order valence-corrected chi connectivity index (χ1v) is 4.42. The molecule has 5 N–H and O–H groups in total. The van der Waals surface area contributed by atoms with Crippen LogP contribution in [0.5, 0.6) is 0 Å². The van der Waals surface area contributed by atoms with Crippen molar-refractivity contribution in [2.45, 2.75) is 26.0 Å². The van der Waals surface area contributed by atoms with Gasteiger partial charge < -0.3 is 16.6 Å². The van der Waals surface area contributed by atoms with Gasteiger partial charge in [0.2, 0.25) is 0 Å². The molecule has 1 aromatic carbocycles. The Bertz CT molecular complexity index is 339. The van der Waals surface area contributed by atoms with Crippen LogP contribution in [0.25, 0.3) is 0 Å². The lowest BCUT2D eigenvalue weighted by atomic mass is 10.00. The van der Waals surface area contributed by atoms with Gasteiger partial charge in [0.15, 0.2) is 0 Å². The number of aliphatic hydroxyl groups is 1. The third-order valence-corrected chi connectivity index (χ3v) is 2.26. The number of aryl methyl sites for hydroxylation is 1. The van der Waals surface area contributed by atoms with Gasteiger partial charge in [0.1, 0.15) is 5.82 Å². The van der Waals surface area contributed by atoms with E-state index in [1.165, 1.54) is 13.0 Å². The highest BCUT2D eigenvalue weighted by atomic mass is 19.1. The highest BCUT2D eigenvalue weighted by Crippen LogP contribution is 2.23. The molecular formula is C10H15FN2O. The average molecular weight is 198 g/mol. The Labute approximate surface area is 82.5 Å². The summed E-state index contributed by atoms with van der Waals surface area (Å²) in [4.78, 5) is 0. The van der Waals surface area contributed by atoms with Crippen LogP contribution in [0.2, 0.25) is 0 Å². The van der Waals surface area contributed by atoms with Gasteiger partial charge in [-0.3, -0.25) is 0 Å². The number of nitrogens with two attached hydrogens (primary N) is 2. The zero-order valence-corrected chi connectivity index (χ0v) is 8.29. The molecule has 1 rings (SSSR count). The Morgan fingerprint density at radius 1 is 1.43 bits per heavy atom. The van der Waals surface area contributed by atoms with Crippen LogP contribution in [0.3, 0.4) is 0 Å². The first kappa shape index (κ1) is 10.9. The second-order valence-corrected chi connectivity index (χ2v) is 3.50. The second kappa shape index (κ2) is 3.94. The molecule has 0 aliphatic rings. The summed E-state index contributed by atoms with van der Waals surface area (Å²) in [6.45, 7) is 3.29.